The van der Waals surface area contributed by atoms with Gasteiger partial charge >= 0.3 is 0 Å². The van der Waals surface area contributed by atoms with Crippen molar-refractivity contribution in [3.8, 4) is 17.6 Å². The number of rotatable bonds is 5. The minimum atomic E-state index is 0.755. The number of hydrogen-bond acceptors (Lipinski definition) is 1. The van der Waals surface area contributed by atoms with Gasteiger partial charge in [-0.05, 0) is 25.0 Å². The molecule has 1 aromatic carbocycles. The van der Waals surface area contributed by atoms with Crippen LogP contribution in [0.2, 0.25) is 0 Å². The zero-order valence-electron chi connectivity index (χ0n) is 9.33. The van der Waals surface area contributed by atoms with Crippen molar-refractivity contribution in [3.05, 3.63) is 30.3 Å². The summed E-state index contributed by atoms with van der Waals surface area (Å²) >= 11 is 0. The Balaban J connectivity index is 2.06. The Morgan fingerprint density at radius 1 is 1.07 bits per heavy atom. The summed E-state index contributed by atoms with van der Waals surface area (Å²) in [5.41, 5.74) is 0. The maximum atomic E-state index is 5.54. The van der Waals surface area contributed by atoms with Gasteiger partial charge in [0.1, 0.15) is 5.75 Å². The van der Waals surface area contributed by atoms with Gasteiger partial charge in [0.25, 0.3) is 0 Å². The van der Waals surface area contributed by atoms with Crippen molar-refractivity contribution < 1.29 is 4.74 Å². The molecule has 0 atom stereocenters. The second-order valence-corrected chi connectivity index (χ2v) is 3.37. The van der Waals surface area contributed by atoms with Gasteiger partial charge < -0.3 is 4.74 Å². The molecular formula is C14H18O. The molecule has 15 heavy (non-hydrogen) atoms. The lowest BCUT2D eigenvalue weighted by atomic mass is 10.3. The van der Waals surface area contributed by atoms with E-state index in [1.165, 1.54) is 0 Å². The first-order chi connectivity index (χ1) is 7.43. The van der Waals surface area contributed by atoms with Gasteiger partial charge in [-0.25, -0.2) is 0 Å². The van der Waals surface area contributed by atoms with Crippen LogP contribution in [0, 0.1) is 11.8 Å². The van der Waals surface area contributed by atoms with Crippen LogP contribution in [0.5, 0.6) is 5.75 Å². The number of ether oxygens (including phenoxy) is 1. The lowest BCUT2D eigenvalue weighted by Crippen LogP contribution is -1.95. The van der Waals surface area contributed by atoms with Gasteiger partial charge in [-0.2, -0.15) is 0 Å². The molecule has 1 rings (SSSR count). The lowest BCUT2D eigenvalue weighted by molar-refractivity contribution is 0.313. The second-order valence-electron chi connectivity index (χ2n) is 3.37. The second kappa shape index (κ2) is 7.94. The molecule has 0 amide bonds. The van der Waals surface area contributed by atoms with Crippen LogP contribution >= 0.6 is 0 Å². The SMILES string of the molecule is CCCC#CCCCOc1ccccc1. The Hall–Kier alpha value is -1.42. The molecule has 0 saturated heterocycles. The first-order valence-electron chi connectivity index (χ1n) is 5.57. The van der Waals surface area contributed by atoms with E-state index in [-0.39, 0.29) is 0 Å². The maximum Gasteiger partial charge on any atom is 0.119 e. The summed E-state index contributed by atoms with van der Waals surface area (Å²) in [6.07, 6.45) is 4.10. The summed E-state index contributed by atoms with van der Waals surface area (Å²) in [6.45, 7) is 2.90. The van der Waals surface area contributed by atoms with E-state index in [9.17, 15) is 0 Å². The first-order valence-corrected chi connectivity index (χ1v) is 5.57. The molecule has 0 aliphatic heterocycles. The van der Waals surface area contributed by atoms with Crippen LogP contribution in [0.3, 0.4) is 0 Å². The van der Waals surface area contributed by atoms with Crippen molar-refractivity contribution in [1.29, 1.82) is 0 Å². The highest BCUT2D eigenvalue weighted by atomic mass is 16.5. The summed E-state index contributed by atoms with van der Waals surface area (Å²) in [6, 6.07) is 9.90. The van der Waals surface area contributed by atoms with Crippen LogP contribution in [0.1, 0.15) is 32.6 Å². The van der Waals surface area contributed by atoms with Gasteiger partial charge in [0.2, 0.25) is 0 Å². The number of para-hydroxylation sites is 1. The van der Waals surface area contributed by atoms with E-state index in [1.54, 1.807) is 0 Å². The molecule has 0 fully saturated rings. The summed E-state index contributed by atoms with van der Waals surface area (Å²) in [5, 5.41) is 0. The van der Waals surface area contributed by atoms with E-state index >= 15 is 0 Å². The van der Waals surface area contributed by atoms with Gasteiger partial charge in [-0.1, -0.05) is 25.1 Å². The molecule has 0 N–H and O–H groups in total. The number of hydrogen-bond donors (Lipinski definition) is 0. The topological polar surface area (TPSA) is 9.23 Å². The quantitative estimate of drug-likeness (QED) is 0.523. The smallest absolute Gasteiger partial charge is 0.119 e. The third-order valence-corrected chi connectivity index (χ3v) is 1.96. The molecule has 80 valence electrons. The fraction of sp³-hybridized carbons (Fsp3) is 0.429. The molecule has 0 bridgehead atoms. The highest BCUT2D eigenvalue weighted by molar-refractivity contribution is 5.20. The van der Waals surface area contributed by atoms with E-state index in [4.69, 9.17) is 4.74 Å². The Labute approximate surface area is 92.5 Å². The normalized spacial score (nSPS) is 9.13. The fourth-order valence-corrected chi connectivity index (χ4v) is 1.17. The van der Waals surface area contributed by atoms with Crippen molar-refractivity contribution in [2.75, 3.05) is 6.61 Å². The third kappa shape index (κ3) is 5.80. The van der Waals surface area contributed by atoms with E-state index in [0.29, 0.717) is 0 Å². The molecule has 1 aromatic rings. The van der Waals surface area contributed by atoms with E-state index in [1.807, 2.05) is 30.3 Å². The molecule has 0 spiro atoms. The molecule has 1 nitrogen and oxygen atoms in total. The molecule has 0 aliphatic rings. The van der Waals surface area contributed by atoms with Crippen LogP contribution in [-0.2, 0) is 0 Å². The molecule has 1 heteroatoms. The van der Waals surface area contributed by atoms with Crippen molar-refractivity contribution >= 4 is 0 Å². The van der Waals surface area contributed by atoms with Gasteiger partial charge in [0.05, 0.1) is 6.61 Å². The Kier molecular flexibility index (Phi) is 6.17. The van der Waals surface area contributed by atoms with Crippen LogP contribution in [0.15, 0.2) is 30.3 Å². The highest BCUT2D eigenvalue weighted by Gasteiger charge is 1.89. The zero-order valence-corrected chi connectivity index (χ0v) is 9.33. The van der Waals surface area contributed by atoms with E-state index in [0.717, 1.165) is 38.0 Å². The van der Waals surface area contributed by atoms with Crippen LogP contribution < -0.4 is 4.74 Å². The molecule has 0 unspecified atom stereocenters. The van der Waals surface area contributed by atoms with Gasteiger partial charge in [-0.3, -0.25) is 0 Å². The molecule has 0 radical (unpaired) electrons. The van der Waals surface area contributed by atoms with Crippen molar-refractivity contribution in [2.45, 2.75) is 32.6 Å². The number of unbranched alkanes of at least 4 members (excludes halogenated alkanes) is 2. The summed E-state index contributed by atoms with van der Waals surface area (Å²) < 4.78 is 5.54. The Bertz CT molecular complexity index is 305. The molecular weight excluding hydrogens is 184 g/mol. The summed E-state index contributed by atoms with van der Waals surface area (Å²) in [7, 11) is 0. The molecule has 0 saturated carbocycles. The minimum absolute atomic E-state index is 0.755. The average Bonchev–Trinajstić information content (AvgIpc) is 2.29. The largest absolute Gasteiger partial charge is 0.494 e. The van der Waals surface area contributed by atoms with Crippen molar-refractivity contribution in [1.82, 2.24) is 0 Å². The molecule has 0 heterocycles. The third-order valence-electron chi connectivity index (χ3n) is 1.96. The standard InChI is InChI=1S/C14H18O/c1-2-3-4-5-6-10-13-15-14-11-8-7-9-12-14/h7-9,11-12H,2-3,6,10,13H2,1H3. The Morgan fingerprint density at radius 3 is 2.53 bits per heavy atom. The van der Waals surface area contributed by atoms with Crippen molar-refractivity contribution in [3.63, 3.8) is 0 Å². The molecule has 0 aliphatic carbocycles. The lowest BCUT2D eigenvalue weighted by Gasteiger charge is -2.03. The average molecular weight is 202 g/mol. The highest BCUT2D eigenvalue weighted by Crippen LogP contribution is 2.08. The summed E-state index contributed by atoms with van der Waals surface area (Å²) in [4.78, 5) is 0. The van der Waals surface area contributed by atoms with Gasteiger partial charge in [0, 0.05) is 12.8 Å². The number of benzene rings is 1. The molecule has 0 aromatic heterocycles. The van der Waals surface area contributed by atoms with Crippen molar-refractivity contribution in [2.24, 2.45) is 0 Å². The maximum absolute atomic E-state index is 5.54. The first kappa shape index (κ1) is 11.7. The van der Waals surface area contributed by atoms with Gasteiger partial charge in [0.15, 0.2) is 0 Å². The van der Waals surface area contributed by atoms with Crippen LogP contribution in [0.25, 0.3) is 0 Å². The predicted octanol–water partition coefficient (Wildman–Crippen LogP) is 3.65. The minimum Gasteiger partial charge on any atom is -0.494 e. The van der Waals surface area contributed by atoms with Crippen LogP contribution in [-0.4, -0.2) is 6.61 Å². The van der Waals surface area contributed by atoms with E-state index < -0.39 is 0 Å². The monoisotopic (exact) mass is 202 g/mol. The fourth-order valence-electron chi connectivity index (χ4n) is 1.17. The van der Waals surface area contributed by atoms with Gasteiger partial charge in [-0.15, -0.1) is 11.8 Å². The van der Waals surface area contributed by atoms with Crippen LogP contribution in [0.4, 0.5) is 0 Å². The van der Waals surface area contributed by atoms with E-state index in [2.05, 4.69) is 18.8 Å². The zero-order chi connectivity index (χ0) is 10.8. The summed E-state index contributed by atoms with van der Waals surface area (Å²) in [5.74, 6) is 7.21. The predicted molar refractivity (Wildman–Crippen MR) is 63.9 cm³/mol. The Morgan fingerprint density at radius 2 is 1.80 bits per heavy atom.